The van der Waals surface area contributed by atoms with Crippen LogP contribution in [0.3, 0.4) is 0 Å². The lowest BCUT2D eigenvalue weighted by Gasteiger charge is -2.21. The molecule has 0 saturated heterocycles. The minimum absolute atomic E-state index is 0.193. The molecule has 1 amide bonds. The molecule has 6 heteroatoms. The van der Waals surface area contributed by atoms with Gasteiger partial charge in [-0.3, -0.25) is 9.79 Å². The summed E-state index contributed by atoms with van der Waals surface area (Å²) in [4.78, 5) is 16.3. The van der Waals surface area contributed by atoms with Gasteiger partial charge in [0.15, 0.2) is 5.96 Å². The van der Waals surface area contributed by atoms with Gasteiger partial charge in [0.1, 0.15) is 5.75 Å². The summed E-state index contributed by atoms with van der Waals surface area (Å²) in [6.07, 6.45) is 5.67. The Bertz CT molecular complexity index is 610. The topological polar surface area (TPSA) is 74.8 Å². The van der Waals surface area contributed by atoms with Gasteiger partial charge >= 0.3 is 0 Å². The van der Waals surface area contributed by atoms with Crippen LogP contribution in [0.1, 0.15) is 43.2 Å². The number of carbonyl (C=O) groups excluding carboxylic acids is 1. The number of amides is 1. The highest BCUT2D eigenvalue weighted by molar-refractivity contribution is 5.80. The van der Waals surface area contributed by atoms with Crippen molar-refractivity contribution in [2.75, 3.05) is 27.2 Å². The van der Waals surface area contributed by atoms with E-state index in [1.165, 1.54) is 24.8 Å². The summed E-state index contributed by atoms with van der Waals surface area (Å²) in [6, 6.07) is 6.14. The largest absolute Gasteiger partial charge is 0.496 e. The summed E-state index contributed by atoms with van der Waals surface area (Å²) in [5.41, 5.74) is 2.24. The Morgan fingerprint density at radius 1 is 1.15 bits per heavy atom. The van der Waals surface area contributed by atoms with E-state index < -0.39 is 0 Å². The van der Waals surface area contributed by atoms with E-state index in [2.05, 4.69) is 33.1 Å². The summed E-state index contributed by atoms with van der Waals surface area (Å²) < 4.78 is 5.43. The molecule has 0 radical (unpaired) electrons. The molecule has 0 spiro atoms. The van der Waals surface area contributed by atoms with E-state index in [-0.39, 0.29) is 11.8 Å². The fourth-order valence-corrected chi connectivity index (χ4v) is 3.27. The highest BCUT2D eigenvalue weighted by Crippen LogP contribution is 2.23. The second kappa shape index (κ2) is 10.7. The van der Waals surface area contributed by atoms with Gasteiger partial charge in [0.05, 0.1) is 7.11 Å². The van der Waals surface area contributed by atoms with Gasteiger partial charge in [0.25, 0.3) is 0 Å². The molecule has 0 heterocycles. The highest BCUT2D eigenvalue weighted by atomic mass is 16.5. The molecular formula is C20H32N4O2. The molecule has 0 aliphatic heterocycles. The summed E-state index contributed by atoms with van der Waals surface area (Å²) in [5.74, 6) is 1.97. The molecule has 1 fully saturated rings. The fraction of sp³-hybridized carbons (Fsp3) is 0.600. The summed E-state index contributed by atoms with van der Waals surface area (Å²) in [6.45, 7) is 3.91. The quantitative estimate of drug-likeness (QED) is 0.396. The molecule has 1 saturated carbocycles. The molecule has 3 N–H and O–H groups in total. The van der Waals surface area contributed by atoms with Crippen LogP contribution in [0.4, 0.5) is 0 Å². The molecule has 1 aromatic rings. The third kappa shape index (κ3) is 6.24. The van der Waals surface area contributed by atoms with Crippen LogP contribution in [-0.4, -0.2) is 39.1 Å². The van der Waals surface area contributed by atoms with E-state index in [1.807, 2.05) is 13.0 Å². The molecule has 26 heavy (non-hydrogen) atoms. The number of ether oxygens (including phenoxy) is 1. The van der Waals surface area contributed by atoms with Crippen molar-refractivity contribution < 1.29 is 9.53 Å². The molecule has 6 nitrogen and oxygen atoms in total. The first kappa shape index (κ1) is 20.1. The molecule has 0 unspecified atom stereocenters. The number of hydrogen-bond donors (Lipinski definition) is 3. The zero-order chi connectivity index (χ0) is 18.8. The Morgan fingerprint density at radius 2 is 1.88 bits per heavy atom. The van der Waals surface area contributed by atoms with E-state index in [9.17, 15) is 4.79 Å². The Morgan fingerprint density at radius 3 is 2.58 bits per heavy atom. The van der Waals surface area contributed by atoms with Crippen molar-refractivity contribution in [1.29, 1.82) is 0 Å². The minimum atomic E-state index is 0.193. The third-order valence-electron chi connectivity index (χ3n) is 4.81. The molecule has 0 bridgehead atoms. The normalized spacial score (nSPS) is 15.4. The summed E-state index contributed by atoms with van der Waals surface area (Å²) in [7, 11) is 3.42. The van der Waals surface area contributed by atoms with E-state index >= 15 is 0 Å². The SMILES string of the molecule is CN=C(NCCNC(=O)C1CCCCC1)NCc1ccc(C)cc1OC. The number of aryl methyl sites for hydroxylation is 1. The Balaban J connectivity index is 1.70. The van der Waals surface area contributed by atoms with Crippen LogP contribution in [0, 0.1) is 12.8 Å². The number of hydrogen-bond acceptors (Lipinski definition) is 3. The van der Waals surface area contributed by atoms with Crippen molar-refractivity contribution >= 4 is 11.9 Å². The molecule has 2 rings (SSSR count). The maximum Gasteiger partial charge on any atom is 0.223 e. The maximum atomic E-state index is 12.1. The maximum absolute atomic E-state index is 12.1. The van der Waals surface area contributed by atoms with E-state index in [1.54, 1.807) is 14.2 Å². The zero-order valence-electron chi connectivity index (χ0n) is 16.2. The average Bonchev–Trinajstić information content (AvgIpc) is 2.68. The van der Waals surface area contributed by atoms with Crippen LogP contribution >= 0.6 is 0 Å². The first-order valence-corrected chi connectivity index (χ1v) is 9.49. The van der Waals surface area contributed by atoms with Crippen LogP contribution in [-0.2, 0) is 11.3 Å². The van der Waals surface area contributed by atoms with Crippen LogP contribution in [0.15, 0.2) is 23.2 Å². The van der Waals surface area contributed by atoms with Gasteiger partial charge in [-0.15, -0.1) is 0 Å². The lowest BCUT2D eigenvalue weighted by molar-refractivity contribution is -0.125. The van der Waals surface area contributed by atoms with Crippen molar-refractivity contribution in [3.05, 3.63) is 29.3 Å². The summed E-state index contributed by atoms with van der Waals surface area (Å²) in [5, 5.41) is 9.53. The molecular weight excluding hydrogens is 328 g/mol. The van der Waals surface area contributed by atoms with Gasteiger partial charge in [0, 0.05) is 38.2 Å². The third-order valence-corrected chi connectivity index (χ3v) is 4.81. The van der Waals surface area contributed by atoms with E-state index in [0.717, 1.165) is 24.2 Å². The fourth-order valence-electron chi connectivity index (χ4n) is 3.27. The molecule has 1 aliphatic rings. The number of carbonyl (C=O) groups is 1. The van der Waals surface area contributed by atoms with Crippen molar-refractivity contribution in [3.8, 4) is 5.75 Å². The van der Waals surface area contributed by atoms with Crippen LogP contribution in [0.5, 0.6) is 5.75 Å². The standard InChI is InChI=1S/C20H32N4O2/c1-15-9-10-17(18(13-15)26-3)14-24-20(21-2)23-12-11-22-19(25)16-7-5-4-6-8-16/h9-10,13,16H,4-8,11-12,14H2,1-3H3,(H,22,25)(H2,21,23,24). The number of guanidine groups is 1. The predicted molar refractivity (Wildman–Crippen MR) is 106 cm³/mol. The van der Waals surface area contributed by atoms with Crippen LogP contribution in [0.2, 0.25) is 0 Å². The number of nitrogens with one attached hydrogen (secondary N) is 3. The molecule has 1 aliphatic carbocycles. The zero-order valence-corrected chi connectivity index (χ0v) is 16.2. The van der Waals surface area contributed by atoms with Crippen molar-refractivity contribution in [1.82, 2.24) is 16.0 Å². The second-order valence-corrected chi connectivity index (χ2v) is 6.79. The lowest BCUT2D eigenvalue weighted by Crippen LogP contribution is -2.42. The van der Waals surface area contributed by atoms with Gasteiger partial charge in [-0.1, -0.05) is 31.4 Å². The van der Waals surface area contributed by atoms with Crippen LogP contribution in [0.25, 0.3) is 0 Å². The predicted octanol–water partition coefficient (Wildman–Crippen LogP) is 2.37. The molecule has 1 aromatic carbocycles. The van der Waals surface area contributed by atoms with Crippen molar-refractivity contribution in [2.45, 2.75) is 45.6 Å². The first-order chi connectivity index (χ1) is 12.6. The minimum Gasteiger partial charge on any atom is -0.496 e. The smallest absolute Gasteiger partial charge is 0.223 e. The number of nitrogens with zero attached hydrogens (tertiary/aromatic N) is 1. The molecule has 0 atom stereocenters. The molecule has 0 aromatic heterocycles. The Hall–Kier alpha value is -2.24. The van der Waals surface area contributed by atoms with Crippen LogP contribution < -0.4 is 20.7 Å². The molecule has 144 valence electrons. The van der Waals surface area contributed by atoms with E-state index in [0.29, 0.717) is 25.6 Å². The van der Waals surface area contributed by atoms with Gasteiger partial charge in [-0.2, -0.15) is 0 Å². The Kier molecular flexibility index (Phi) is 8.25. The second-order valence-electron chi connectivity index (χ2n) is 6.79. The van der Waals surface area contributed by atoms with Gasteiger partial charge in [0.2, 0.25) is 5.91 Å². The first-order valence-electron chi connectivity index (χ1n) is 9.49. The number of methoxy groups -OCH3 is 1. The van der Waals surface area contributed by atoms with Crippen molar-refractivity contribution in [2.24, 2.45) is 10.9 Å². The number of rotatable bonds is 7. The average molecular weight is 361 g/mol. The van der Waals surface area contributed by atoms with Gasteiger partial charge in [-0.25, -0.2) is 0 Å². The van der Waals surface area contributed by atoms with Gasteiger partial charge in [-0.05, 0) is 31.4 Å². The highest BCUT2D eigenvalue weighted by Gasteiger charge is 2.20. The Labute approximate surface area is 156 Å². The number of benzene rings is 1. The van der Waals surface area contributed by atoms with Crippen molar-refractivity contribution in [3.63, 3.8) is 0 Å². The lowest BCUT2D eigenvalue weighted by atomic mass is 9.89. The monoisotopic (exact) mass is 360 g/mol. The van der Waals surface area contributed by atoms with E-state index in [4.69, 9.17) is 4.74 Å². The summed E-state index contributed by atoms with van der Waals surface area (Å²) >= 11 is 0. The number of aliphatic imine (C=N–C) groups is 1. The van der Waals surface area contributed by atoms with Gasteiger partial charge < -0.3 is 20.7 Å².